The molecule has 0 unspecified atom stereocenters. The molecule has 0 spiro atoms. The van der Waals surface area contributed by atoms with Crippen LogP contribution >= 0.6 is 15.9 Å². The second-order valence-corrected chi connectivity index (χ2v) is 4.19. The zero-order chi connectivity index (χ0) is 10.8. The van der Waals surface area contributed by atoms with Crippen molar-refractivity contribution < 1.29 is 0 Å². The molecule has 1 heterocycles. The fourth-order valence-electron chi connectivity index (χ4n) is 1.40. The fraction of sp³-hybridized carbons (Fsp3) is 0.182. The molecule has 15 heavy (non-hydrogen) atoms. The number of anilines is 1. The van der Waals surface area contributed by atoms with Crippen molar-refractivity contribution >= 4 is 21.6 Å². The Balaban J connectivity index is 2.40. The van der Waals surface area contributed by atoms with Crippen LogP contribution < -0.4 is 5.73 Å². The van der Waals surface area contributed by atoms with Crippen molar-refractivity contribution in [3.63, 3.8) is 0 Å². The number of imidazole rings is 1. The van der Waals surface area contributed by atoms with Crippen LogP contribution in [-0.4, -0.2) is 9.97 Å². The smallest absolute Gasteiger partial charge is 0.106 e. The summed E-state index contributed by atoms with van der Waals surface area (Å²) in [6.07, 6.45) is 2.74. The minimum Gasteiger partial charge on any atom is -0.398 e. The van der Waals surface area contributed by atoms with E-state index >= 15 is 0 Å². The monoisotopic (exact) mass is 265 g/mol. The van der Waals surface area contributed by atoms with Gasteiger partial charge in [0.05, 0.1) is 11.9 Å². The van der Waals surface area contributed by atoms with Gasteiger partial charge in [-0.05, 0) is 28.1 Å². The maximum Gasteiger partial charge on any atom is 0.106 e. The minimum absolute atomic E-state index is 0.736. The van der Waals surface area contributed by atoms with Gasteiger partial charge < -0.3 is 10.7 Å². The molecular weight excluding hydrogens is 254 g/mol. The Morgan fingerprint density at radius 3 is 2.87 bits per heavy atom. The molecule has 0 amide bonds. The number of nitrogens with one attached hydrogen (secondary N) is 1. The summed E-state index contributed by atoms with van der Waals surface area (Å²) < 4.78 is 0.918. The van der Waals surface area contributed by atoms with Crippen molar-refractivity contribution in [3.8, 4) is 11.3 Å². The van der Waals surface area contributed by atoms with Gasteiger partial charge in [0.25, 0.3) is 0 Å². The summed E-state index contributed by atoms with van der Waals surface area (Å²) in [6, 6.07) is 5.88. The molecule has 3 nitrogen and oxygen atoms in total. The number of hydrogen-bond acceptors (Lipinski definition) is 2. The lowest BCUT2D eigenvalue weighted by molar-refractivity contribution is 0.991. The summed E-state index contributed by atoms with van der Waals surface area (Å²) >= 11 is 3.37. The van der Waals surface area contributed by atoms with E-state index in [9.17, 15) is 0 Å². The number of halogens is 1. The number of nitrogens with two attached hydrogens (primary N) is 1. The number of rotatable bonds is 2. The van der Waals surface area contributed by atoms with Gasteiger partial charge in [0, 0.05) is 22.1 Å². The number of aryl methyl sites for hydroxylation is 1. The van der Waals surface area contributed by atoms with Gasteiger partial charge in [-0.25, -0.2) is 4.98 Å². The summed E-state index contributed by atoms with van der Waals surface area (Å²) in [5.41, 5.74) is 8.62. The zero-order valence-corrected chi connectivity index (χ0v) is 10.0. The number of H-pyrrole nitrogens is 1. The summed E-state index contributed by atoms with van der Waals surface area (Å²) in [6.45, 7) is 2.07. The zero-order valence-electron chi connectivity index (χ0n) is 8.42. The molecule has 2 aromatic rings. The van der Waals surface area contributed by atoms with Crippen molar-refractivity contribution in [1.29, 1.82) is 0 Å². The lowest BCUT2D eigenvalue weighted by atomic mass is 10.1. The van der Waals surface area contributed by atoms with Crippen LogP contribution in [0.4, 0.5) is 5.69 Å². The normalized spacial score (nSPS) is 10.5. The molecule has 0 bridgehead atoms. The van der Waals surface area contributed by atoms with Gasteiger partial charge >= 0.3 is 0 Å². The van der Waals surface area contributed by atoms with Gasteiger partial charge in [0.15, 0.2) is 0 Å². The molecule has 0 aliphatic rings. The van der Waals surface area contributed by atoms with E-state index in [1.807, 2.05) is 24.4 Å². The number of aromatic amines is 1. The average molecular weight is 266 g/mol. The fourth-order valence-corrected chi connectivity index (χ4v) is 1.65. The molecule has 2 rings (SSSR count). The van der Waals surface area contributed by atoms with E-state index in [-0.39, 0.29) is 0 Å². The molecule has 0 fully saturated rings. The molecule has 4 heteroatoms. The van der Waals surface area contributed by atoms with Gasteiger partial charge in [0.2, 0.25) is 0 Å². The Morgan fingerprint density at radius 2 is 2.27 bits per heavy atom. The standard InChI is InChI=1S/C11H12BrN3/c1-2-11-14-6-10(15-11)7-3-4-8(12)9(13)5-7/h3-6H,2,13H2,1H3,(H,14,15). The molecule has 0 saturated carbocycles. The number of nitrogens with zero attached hydrogens (tertiary/aromatic N) is 1. The van der Waals surface area contributed by atoms with Crippen LogP contribution in [-0.2, 0) is 6.42 Å². The predicted molar refractivity (Wildman–Crippen MR) is 65.5 cm³/mol. The Labute approximate surface area is 96.9 Å². The lowest BCUT2D eigenvalue weighted by Crippen LogP contribution is -1.88. The predicted octanol–water partition coefficient (Wildman–Crippen LogP) is 2.98. The van der Waals surface area contributed by atoms with Crippen molar-refractivity contribution in [1.82, 2.24) is 9.97 Å². The third kappa shape index (κ3) is 2.04. The van der Waals surface area contributed by atoms with Crippen LogP contribution in [0.5, 0.6) is 0 Å². The van der Waals surface area contributed by atoms with Gasteiger partial charge in [-0.3, -0.25) is 0 Å². The summed E-state index contributed by atoms with van der Waals surface area (Å²) in [7, 11) is 0. The van der Waals surface area contributed by atoms with Crippen LogP contribution in [0.15, 0.2) is 28.9 Å². The highest BCUT2D eigenvalue weighted by atomic mass is 79.9. The van der Waals surface area contributed by atoms with E-state index in [0.717, 1.165) is 33.7 Å². The van der Waals surface area contributed by atoms with Gasteiger partial charge in [-0.2, -0.15) is 0 Å². The third-order valence-electron chi connectivity index (χ3n) is 2.27. The van der Waals surface area contributed by atoms with Crippen LogP contribution in [0, 0.1) is 0 Å². The van der Waals surface area contributed by atoms with Crippen molar-refractivity contribution in [3.05, 3.63) is 34.7 Å². The average Bonchev–Trinajstić information content (AvgIpc) is 2.70. The Hall–Kier alpha value is -1.29. The van der Waals surface area contributed by atoms with Crippen LogP contribution in [0.2, 0.25) is 0 Å². The second-order valence-electron chi connectivity index (χ2n) is 3.33. The van der Waals surface area contributed by atoms with E-state index in [1.54, 1.807) is 0 Å². The molecule has 0 radical (unpaired) electrons. The Morgan fingerprint density at radius 1 is 1.47 bits per heavy atom. The van der Waals surface area contributed by atoms with Crippen molar-refractivity contribution in [2.45, 2.75) is 13.3 Å². The SMILES string of the molecule is CCc1ncc(-c2ccc(Br)c(N)c2)[nH]1. The quantitative estimate of drug-likeness (QED) is 0.821. The first-order valence-electron chi connectivity index (χ1n) is 4.80. The molecule has 0 aliphatic heterocycles. The van der Waals surface area contributed by atoms with Gasteiger partial charge in [-0.15, -0.1) is 0 Å². The molecular formula is C11H12BrN3. The summed E-state index contributed by atoms with van der Waals surface area (Å²) in [5.74, 6) is 0.992. The van der Waals surface area contributed by atoms with Gasteiger partial charge in [-0.1, -0.05) is 13.0 Å². The van der Waals surface area contributed by atoms with Gasteiger partial charge in [0.1, 0.15) is 5.82 Å². The van der Waals surface area contributed by atoms with Crippen LogP contribution in [0.25, 0.3) is 11.3 Å². The number of hydrogen-bond donors (Lipinski definition) is 2. The molecule has 0 atom stereocenters. The Kier molecular flexibility index (Phi) is 2.77. The van der Waals surface area contributed by atoms with Crippen molar-refractivity contribution in [2.75, 3.05) is 5.73 Å². The minimum atomic E-state index is 0.736. The molecule has 0 aliphatic carbocycles. The van der Waals surface area contributed by atoms with E-state index < -0.39 is 0 Å². The molecule has 78 valence electrons. The third-order valence-corrected chi connectivity index (χ3v) is 2.99. The first-order chi connectivity index (χ1) is 7.20. The van der Waals surface area contributed by atoms with E-state index in [2.05, 4.69) is 32.8 Å². The topological polar surface area (TPSA) is 54.7 Å². The highest BCUT2D eigenvalue weighted by Gasteiger charge is 2.03. The van der Waals surface area contributed by atoms with E-state index in [1.165, 1.54) is 0 Å². The number of aromatic nitrogens is 2. The van der Waals surface area contributed by atoms with E-state index in [0.29, 0.717) is 0 Å². The molecule has 1 aromatic carbocycles. The highest BCUT2D eigenvalue weighted by Crippen LogP contribution is 2.25. The Bertz CT molecular complexity index is 476. The van der Waals surface area contributed by atoms with Crippen LogP contribution in [0.3, 0.4) is 0 Å². The first kappa shape index (κ1) is 10.2. The van der Waals surface area contributed by atoms with E-state index in [4.69, 9.17) is 5.73 Å². The number of benzene rings is 1. The largest absolute Gasteiger partial charge is 0.398 e. The molecule has 3 N–H and O–H groups in total. The summed E-state index contributed by atoms with van der Waals surface area (Å²) in [4.78, 5) is 7.50. The lowest BCUT2D eigenvalue weighted by Gasteiger charge is -2.01. The molecule has 1 aromatic heterocycles. The highest BCUT2D eigenvalue weighted by molar-refractivity contribution is 9.10. The number of nitrogen functional groups attached to an aromatic ring is 1. The first-order valence-corrected chi connectivity index (χ1v) is 5.59. The van der Waals surface area contributed by atoms with Crippen LogP contribution in [0.1, 0.15) is 12.7 Å². The summed E-state index contributed by atoms with van der Waals surface area (Å²) in [5, 5.41) is 0. The second kappa shape index (κ2) is 4.06. The molecule has 0 saturated heterocycles. The van der Waals surface area contributed by atoms with Crippen molar-refractivity contribution in [2.24, 2.45) is 0 Å². The maximum absolute atomic E-state index is 5.82. The maximum atomic E-state index is 5.82.